The number of aromatic nitrogens is 2. The van der Waals surface area contributed by atoms with Crippen molar-refractivity contribution in [2.45, 2.75) is 12.8 Å². The van der Waals surface area contributed by atoms with Crippen LogP contribution in [-0.4, -0.2) is 15.1 Å². The van der Waals surface area contributed by atoms with Crippen LogP contribution in [0.3, 0.4) is 0 Å². The lowest BCUT2D eigenvalue weighted by Crippen LogP contribution is -2.04. The Hall–Kier alpha value is -2.34. The molecule has 0 unspecified atom stereocenters. The molecule has 0 saturated carbocycles. The monoisotopic (exact) mass is 292 g/mol. The Balaban J connectivity index is 2.00. The summed E-state index contributed by atoms with van der Waals surface area (Å²) in [5, 5.41) is 9.08. The van der Waals surface area contributed by atoms with E-state index in [-0.39, 0.29) is 6.61 Å². The highest BCUT2D eigenvalue weighted by Crippen LogP contribution is 2.30. The van der Waals surface area contributed by atoms with Crippen LogP contribution in [0.5, 0.6) is 0 Å². The third-order valence-corrected chi connectivity index (χ3v) is 3.22. The summed E-state index contributed by atoms with van der Waals surface area (Å²) in [6.45, 7) is -0.0849. The standard InChI is InChI=1S/C15H11F3N2O/c16-15(17,18)11-4-2-10(3-5-11)14-19-12-6-1-9(8-21)7-13(12)20-14/h1-7,21H,8H2,(H,19,20). The molecule has 0 bridgehead atoms. The Labute approximate surface area is 118 Å². The molecule has 6 heteroatoms. The smallest absolute Gasteiger partial charge is 0.392 e. The van der Waals surface area contributed by atoms with E-state index in [1.54, 1.807) is 18.2 Å². The number of halogens is 3. The van der Waals surface area contributed by atoms with Crippen LogP contribution in [0.1, 0.15) is 11.1 Å². The van der Waals surface area contributed by atoms with Crippen molar-refractivity contribution in [1.82, 2.24) is 9.97 Å². The van der Waals surface area contributed by atoms with Gasteiger partial charge in [0.15, 0.2) is 0 Å². The second kappa shape index (κ2) is 4.89. The zero-order valence-electron chi connectivity index (χ0n) is 10.8. The minimum absolute atomic E-state index is 0.0849. The number of hydrogen-bond donors (Lipinski definition) is 2. The van der Waals surface area contributed by atoms with E-state index in [4.69, 9.17) is 5.11 Å². The van der Waals surface area contributed by atoms with Gasteiger partial charge in [-0.25, -0.2) is 4.98 Å². The second-order valence-corrected chi connectivity index (χ2v) is 4.67. The van der Waals surface area contributed by atoms with Crippen molar-refractivity contribution >= 4 is 11.0 Å². The fourth-order valence-corrected chi connectivity index (χ4v) is 2.10. The summed E-state index contributed by atoms with van der Waals surface area (Å²) < 4.78 is 37.6. The van der Waals surface area contributed by atoms with Crippen LogP contribution in [0.15, 0.2) is 42.5 Å². The lowest BCUT2D eigenvalue weighted by Gasteiger charge is -2.06. The normalized spacial score (nSPS) is 12.0. The van der Waals surface area contributed by atoms with Gasteiger partial charge in [-0.05, 0) is 29.8 Å². The van der Waals surface area contributed by atoms with E-state index in [0.717, 1.165) is 23.2 Å². The average molecular weight is 292 g/mol. The number of H-pyrrole nitrogens is 1. The summed E-state index contributed by atoms with van der Waals surface area (Å²) in [5.41, 5.74) is 2.04. The molecular weight excluding hydrogens is 281 g/mol. The van der Waals surface area contributed by atoms with Gasteiger partial charge in [-0.15, -0.1) is 0 Å². The van der Waals surface area contributed by atoms with Gasteiger partial charge in [0, 0.05) is 5.56 Å². The van der Waals surface area contributed by atoms with Crippen LogP contribution in [-0.2, 0) is 12.8 Å². The van der Waals surface area contributed by atoms with E-state index in [2.05, 4.69) is 9.97 Å². The first kappa shape index (κ1) is 13.6. The van der Waals surface area contributed by atoms with Crippen LogP contribution in [0.2, 0.25) is 0 Å². The van der Waals surface area contributed by atoms with Crippen LogP contribution < -0.4 is 0 Å². The zero-order valence-corrected chi connectivity index (χ0v) is 10.8. The lowest BCUT2D eigenvalue weighted by molar-refractivity contribution is -0.137. The Bertz CT molecular complexity index is 776. The summed E-state index contributed by atoms with van der Waals surface area (Å²) in [6, 6.07) is 10.1. The van der Waals surface area contributed by atoms with Crippen LogP contribution in [0, 0.1) is 0 Å². The molecule has 0 fully saturated rings. The number of hydrogen-bond acceptors (Lipinski definition) is 2. The molecule has 0 atom stereocenters. The van der Waals surface area contributed by atoms with Crippen LogP contribution in [0.25, 0.3) is 22.4 Å². The summed E-state index contributed by atoms with van der Waals surface area (Å²) in [5.74, 6) is 0.494. The molecule has 21 heavy (non-hydrogen) atoms. The SMILES string of the molecule is OCc1ccc2[nH]c(-c3ccc(C(F)(F)F)cc3)nc2c1. The van der Waals surface area contributed by atoms with Gasteiger partial charge >= 0.3 is 6.18 Å². The van der Waals surface area contributed by atoms with Gasteiger partial charge in [0.2, 0.25) is 0 Å². The van der Waals surface area contributed by atoms with Crippen molar-refractivity contribution in [3.05, 3.63) is 53.6 Å². The topological polar surface area (TPSA) is 48.9 Å². The van der Waals surface area contributed by atoms with E-state index in [9.17, 15) is 13.2 Å². The highest BCUT2D eigenvalue weighted by Gasteiger charge is 2.30. The van der Waals surface area contributed by atoms with Crippen molar-refractivity contribution in [2.75, 3.05) is 0 Å². The Kier molecular flexibility index (Phi) is 3.17. The molecule has 108 valence electrons. The predicted octanol–water partition coefficient (Wildman–Crippen LogP) is 3.74. The number of fused-ring (bicyclic) bond motifs is 1. The van der Waals surface area contributed by atoms with E-state index in [1.165, 1.54) is 12.1 Å². The first-order valence-corrected chi connectivity index (χ1v) is 6.24. The molecule has 0 saturated heterocycles. The van der Waals surface area contributed by atoms with E-state index in [1.807, 2.05) is 0 Å². The number of rotatable bonds is 2. The molecule has 0 aliphatic carbocycles. The van der Waals surface area contributed by atoms with Gasteiger partial charge < -0.3 is 10.1 Å². The predicted molar refractivity (Wildman–Crippen MR) is 72.5 cm³/mol. The van der Waals surface area contributed by atoms with Gasteiger partial charge in [-0.3, -0.25) is 0 Å². The summed E-state index contributed by atoms with van der Waals surface area (Å²) in [4.78, 5) is 7.38. The number of aromatic amines is 1. The molecule has 2 N–H and O–H groups in total. The molecule has 0 spiro atoms. The zero-order chi connectivity index (χ0) is 15.0. The van der Waals surface area contributed by atoms with Crippen LogP contribution >= 0.6 is 0 Å². The molecule has 3 aromatic rings. The molecule has 0 aliphatic heterocycles. The molecule has 2 aromatic carbocycles. The minimum Gasteiger partial charge on any atom is -0.392 e. The van der Waals surface area contributed by atoms with Gasteiger partial charge in [-0.1, -0.05) is 18.2 Å². The number of nitrogens with zero attached hydrogens (tertiary/aromatic N) is 1. The van der Waals surface area contributed by atoms with Crippen molar-refractivity contribution in [3.8, 4) is 11.4 Å². The van der Waals surface area contributed by atoms with E-state index >= 15 is 0 Å². The first-order chi connectivity index (χ1) is 9.97. The quantitative estimate of drug-likeness (QED) is 0.756. The van der Waals surface area contributed by atoms with E-state index < -0.39 is 11.7 Å². The first-order valence-electron chi connectivity index (χ1n) is 6.24. The molecule has 0 amide bonds. The molecule has 1 heterocycles. The molecule has 3 rings (SSSR count). The number of nitrogens with one attached hydrogen (secondary N) is 1. The Morgan fingerprint density at radius 2 is 1.76 bits per heavy atom. The lowest BCUT2D eigenvalue weighted by atomic mass is 10.1. The number of benzene rings is 2. The Morgan fingerprint density at radius 1 is 1.05 bits per heavy atom. The number of alkyl halides is 3. The number of imidazole rings is 1. The minimum atomic E-state index is -4.34. The van der Waals surface area contributed by atoms with Gasteiger partial charge in [-0.2, -0.15) is 13.2 Å². The van der Waals surface area contributed by atoms with Gasteiger partial charge in [0.05, 0.1) is 23.2 Å². The van der Waals surface area contributed by atoms with Crippen molar-refractivity contribution in [2.24, 2.45) is 0 Å². The largest absolute Gasteiger partial charge is 0.416 e. The summed E-state index contributed by atoms with van der Waals surface area (Å²) in [6.07, 6.45) is -4.34. The molecule has 0 radical (unpaired) electrons. The fourth-order valence-electron chi connectivity index (χ4n) is 2.10. The summed E-state index contributed by atoms with van der Waals surface area (Å²) in [7, 11) is 0. The average Bonchev–Trinajstić information content (AvgIpc) is 2.89. The third-order valence-electron chi connectivity index (χ3n) is 3.22. The Morgan fingerprint density at radius 3 is 2.38 bits per heavy atom. The maximum atomic E-state index is 12.5. The number of aliphatic hydroxyl groups excluding tert-OH is 1. The highest BCUT2D eigenvalue weighted by molar-refractivity contribution is 5.80. The van der Waals surface area contributed by atoms with Gasteiger partial charge in [0.25, 0.3) is 0 Å². The molecule has 1 aromatic heterocycles. The maximum Gasteiger partial charge on any atom is 0.416 e. The molecule has 0 aliphatic rings. The molecular formula is C15H11F3N2O. The fraction of sp³-hybridized carbons (Fsp3) is 0.133. The molecule has 3 nitrogen and oxygen atoms in total. The van der Waals surface area contributed by atoms with Crippen molar-refractivity contribution < 1.29 is 18.3 Å². The second-order valence-electron chi connectivity index (χ2n) is 4.67. The summed E-state index contributed by atoms with van der Waals surface area (Å²) >= 11 is 0. The maximum absolute atomic E-state index is 12.5. The highest BCUT2D eigenvalue weighted by atomic mass is 19.4. The van der Waals surface area contributed by atoms with Crippen molar-refractivity contribution in [3.63, 3.8) is 0 Å². The number of aliphatic hydroxyl groups is 1. The van der Waals surface area contributed by atoms with Gasteiger partial charge in [0.1, 0.15) is 5.82 Å². The van der Waals surface area contributed by atoms with Crippen molar-refractivity contribution in [1.29, 1.82) is 0 Å². The van der Waals surface area contributed by atoms with Crippen LogP contribution in [0.4, 0.5) is 13.2 Å². The van der Waals surface area contributed by atoms with E-state index in [0.29, 0.717) is 16.9 Å². The third kappa shape index (κ3) is 2.62.